The molecule has 0 aliphatic rings. The molecule has 0 aliphatic carbocycles. The molecule has 0 heterocycles. The normalized spacial score (nSPS) is 12.5. The summed E-state index contributed by atoms with van der Waals surface area (Å²) in [5.74, 6) is -1.74. The maximum Gasteiger partial charge on any atom is 0.163 e. The van der Waals surface area contributed by atoms with Crippen LogP contribution in [0.3, 0.4) is 0 Å². The summed E-state index contributed by atoms with van der Waals surface area (Å²) >= 11 is 0. The van der Waals surface area contributed by atoms with E-state index in [1.165, 1.54) is 12.1 Å². The zero-order chi connectivity index (χ0) is 13.3. The van der Waals surface area contributed by atoms with Gasteiger partial charge in [0.25, 0.3) is 0 Å². The van der Waals surface area contributed by atoms with Gasteiger partial charge in [0.05, 0.1) is 6.04 Å². The predicted molar refractivity (Wildman–Crippen MR) is 68.3 cm³/mol. The van der Waals surface area contributed by atoms with Gasteiger partial charge in [0, 0.05) is 5.56 Å². The monoisotopic (exact) mass is 247 g/mol. The van der Waals surface area contributed by atoms with Crippen molar-refractivity contribution in [3.05, 3.63) is 70.3 Å². The zero-order valence-corrected chi connectivity index (χ0v) is 10.4. The van der Waals surface area contributed by atoms with E-state index in [4.69, 9.17) is 5.73 Å². The first-order valence-electron chi connectivity index (χ1n) is 5.77. The molecule has 1 nitrogen and oxygen atoms in total. The summed E-state index contributed by atoms with van der Waals surface area (Å²) in [5, 5.41) is 0. The Balaban J connectivity index is 2.44. The number of hydrogen-bond acceptors (Lipinski definition) is 1. The van der Waals surface area contributed by atoms with Crippen LogP contribution in [0.5, 0.6) is 0 Å². The van der Waals surface area contributed by atoms with Crippen LogP contribution >= 0.6 is 0 Å². The second-order valence-electron chi connectivity index (χ2n) is 4.46. The molecule has 0 spiro atoms. The van der Waals surface area contributed by atoms with Crippen molar-refractivity contribution < 1.29 is 8.78 Å². The van der Waals surface area contributed by atoms with Crippen molar-refractivity contribution in [1.82, 2.24) is 0 Å². The molecule has 1 unspecified atom stereocenters. The van der Waals surface area contributed by atoms with Gasteiger partial charge in [-0.05, 0) is 36.6 Å². The number of aryl methyl sites for hydroxylation is 2. The molecule has 0 fully saturated rings. The van der Waals surface area contributed by atoms with Crippen LogP contribution in [0.2, 0.25) is 0 Å². The van der Waals surface area contributed by atoms with Gasteiger partial charge in [0.15, 0.2) is 11.6 Å². The summed E-state index contributed by atoms with van der Waals surface area (Å²) in [7, 11) is 0. The van der Waals surface area contributed by atoms with E-state index in [0.717, 1.165) is 22.8 Å². The summed E-state index contributed by atoms with van der Waals surface area (Å²) in [6.07, 6.45) is 0. The van der Waals surface area contributed by atoms with Crippen LogP contribution in [0, 0.1) is 25.5 Å². The highest BCUT2D eigenvalue weighted by atomic mass is 19.2. The van der Waals surface area contributed by atoms with E-state index in [-0.39, 0.29) is 5.56 Å². The Morgan fingerprint density at radius 2 is 1.72 bits per heavy atom. The molecule has 2 N–H and O–H groups in total. The highest BCUT2D eigenvalue weighted by Crippen LogP contribution is 2.25. The van der Waals surface area contributed by atoms with Gasteiger partial charge in [0.2, 0.25) is 0 Å². The van der Waals surface area contributed by atoms with Gasteiger partial charge in [-0.25, -0.2) is 8.78 Å². The van der Waals surface area contributed by atoms with Gasteiger partial charge in [0.1, 0.15) is 0 Å². The number of halogens is 2. The first-order valence-corrected chi connectivity index (χ1v) is 5.77. The van der Waals surface area contributed by atoms with Gasteiger partial charge in [-0.1, -0.05) is 30.3 Å². The maximum absolute atomic E-state index is 13.7. The third-order valence-electron chi connectivity index (χ3n) is 3.21. The Hall–Kier alpha value is -1.74. The van der Waals surface area contributed by atoms with Crippen LogP contribution < -0.4 is 5.73 Å². The average Bonchev–Trinajstić information content (AvgIpc) is 2.35. The molecule has 2 aromatic carbocycles. The molecule has 0 saturated heterocycles. The smallest absolute Gasteiger partial charge is 0.163 e. The molecule has 0 saturated carbocycles. The van der Waals surface area contributed by atoms with Gasteiger partial charge < -0.3 is 5.73 Å². The third-order valence-corrected chi connectivity index (χ3v) is 3.21. The molecule has 3 heteroatoms. The predicted octanol–water partition coefficient (Wildman–Crippen LogP) is 3.63. The van der Waals surface area contributed by atoms with E-state index in [0.29, 0.717) is 0 Å². The lowest BCUT2D eigenvalue weighted by Crippen LogP contribution is -2.14. The van der Waals surface area contributed by atoms with Crippen LogP contribution in [0.1, 0.15) is 28.3 Å². The van der Waals surface area contributed by atoms with Gasteiger partial charge in [-0.2, -0.15) is 0 Å². The molecule has 0 bridgehead atoms. The van der Waals surface area contributed by atoms with E-state index in [2.05, 4.69) is 0 Å². The number of rotatable bonds is 2. The summed E-state index contributed by atoms with van der Waals surface area (Å²) in [5.41, 5.74) is 9.18. The fourth-order valence-corrected chi connectivity index (χ4v) is 1.90. The molecule has 1 atom stereocenters. The molecule has 94 valence electrons. The summed E-state index contributed by atoms with van der Waals surface area (Å²) in [6.45, 7) is 3.96. The van der Waals surface area contributed by atoms with E-state index in [1.807, 2.05) is 32.0 Å². The van der Waals surface area contributed by atoms with Gasteiger partial charge in [-0.3, -0.25) is 0 Å². The van der Waals surface area contributed by atoms with E-state index in [1.54, 1.807) is 0 Å². The Labute approximate surface area is 105 Å². The minimum absolute atomic E-state index is 0.179. The van der Waals surface area contributed by atoms with Crippen molar-refractivity contribution in [2.24, 2.45) is 5.73 Å². The molecule has 2 aromatic rings. The molecule has 18 heavy (non-hydrogen) atoms. The lowest BCUT2D eigenvalue weighted by atomic mass is 9.96. The van der Waals surface area contributed by atoms with Crippen molar-refractivity contribution in [3.63, 3.8) is 0 Å². The van der Waals surface area contributed by atoms with Crippen LogP contribution in [-0.2, 0) is 0 Å². The van der Waals surface area contributed by atoms with Crippen LogP contribution in [0.4, 0.5) is 8.78 Å². The van der Waals surface area contributed by atoms with E-state index >= 15 is 0 Å². The van der Waals surface area contributed by atoms with Crippen LogP contribution in [-0.4, -0.2) is 0 Å². The topological polar surface area (TPSA) is 26.0 Å². The third kappa shape index (κ3) is 2.27. The van der Waals surface area contributed by atoms with Crippen molar-refractivity contribution in [3.8, 4) is 0 Å². The fourth-order valence-electron chi connectivity index (χ4n) is 1.90. The first-order chi connectivity index (χ1) is 8.50. The Morgan fingerprint density at radius 3 is 2.39 bits per heavy atom. The Bertz CT molecular complexity index is 579. The van der Waals surface area contributed by atoms with Gasteiger partial charge >= 0.3 is 0 Å². The fraction of sp³-hybridized carbons (Fsp3) is 0.200. The molecule has 0 radical (unpaired) electrons. The Morgan fingerprint density at radius 1 is 1.00 bits per heavy atom. The molecular formula is C15H15F2N. The summed E-state index contributed by atoms with van der Waals surface area (Å²) in [6, 6.07) is 9.10. The van der Waals surface area contributed by atoms with Crippen molar-refractivity contribution >= 4 is 0 Å². The highest BCUT2D eigenvalue weighted by molar-refractivity contribution is 5.37. The molecule has 2 rings (SSSR count). The first kappa shape index (κ1) is 12.7. The standard InChI is InChI=1S/C15H15F2N/c1-9-6-7-11(8-10(9)2)15(18)12-4-3-5-13(16)14(12)17/h3-8,15H,18H2,1-2H3. The molecule has 0 aromatic heterocycles. The SMILES string of the molecule is Cc1ccc(C(N)c2cccc(F)c2F)cc1C. The minimum atomic E-state index is -0.872. The second-order valence-corrected chi connectivity index (χ2v) is 4.46. The van der Waals surface area contributed by atoms with Crippen molar-refractivity contribution in [2.75, 3.05) is 0 Å². The van der Waals surface area contributed by atoms with Crippen LogP contribution in [0.15, 0.2) is 36.4 Å². The zero-order valence-electron chi connectivity index (χ0n) is 10.4. The average molecular weight is 247 g/mol. The van der Waals surface area contributed by atoms with E-state index in [9.17, 15) is 8.78 Å². The van der Waals surface area contributed by atoms with Gasteiger partial charge in [-0.15, -0.1) is 0 Å². The van der Waals surface area contributed by atoms with Crippen molar-refractivity contribution in [2.45, 2.75) is 19.9 Å². The largest absolute Gasteiger partial charge is 0.320 e. The van der Waals surface area contributed by atoms with E-state index < -0.39 is 17.7 Å². The molecule has 0 amide bonds. The van der Waals surface area contributed by atoms with Crippen LogP contribution in [0.25, 0.3) is 0 Å². The number of nitrogens with two attached hydrogens (primary N) is 1. The minimum Gasteiger partial charge on any atom is -0.320 e. The lowest BCUT2D eigenvalue weighted by molar-refractivity contribution is 0.494. The summed E-state index contributed by atoms with van der Waals surface area (Å²) < 4.78 is 26.8. The second kappa shape index (κ2) is 4.86. The highest BCUT2D eigenvalue weighted by Gasteiger charge is 2.16. The quantitative estimate of drug-likeness (QED) is 0.861. The lowest BCUT2D eigenvalue weighted by Gasteiger charge is -2.15. The summed E-state index contributed by atoms with van der Waals surface area (Å²) in [4.78, 5) is 0. The maximum atomic E-state index is 13.7. The number of benzene rings is 2. The number of hydrogen-bond donors (Lipinski definition) is 1. The Kier molecular flexibility index (Phi) is 3.43. The molecule has 0 aliphatic heterocycles. The van der Waals surface area contributed by atoms with Crippen molar-refractivity contribution in [1.29, 1.82) is 0 Å². The molecular weight excluding hydrogens is 232 g/mol.